The number of nitrogens with zero attached hydrogens (tertiary/aromatic N) is 2. The Hall–Kier alpha value is -3.08. The van der Waals surface area contributed by atoms with Crippen LogP contribution in [-0.2, 0) is 4.79 Å². The number of hydrogen-bond acceptors (Lipinski definition) is 5. The van der Waals surface area contributed by atoms with E-state index in [4.69, 9.17) is 10.00 Å². The second kappa shape index (κ2) is 8.52. The molecule has 1 saturated heterocycles. The maximum absolute atomic E-state index is 12.5. The number of nitrogens with one attached hydrogen (secondary N) is 1. The second-order valence-electron chi connectivity index (χ2n) is 6.11. The Morgan fingerprint density at radius 1 is 1.17 bits per heavy atom. The van der Waals surface area contributed by atoms with Crippen LogP contribution in [0.5, 0.6) is 5.75 Å². The third-order valence-electron chi connectivity index (χ3n) is 4.19. The van der Waals surface area contributed by atoms with Crippen LogP contribution in [0.25, 0.3) is 16.8 Å². The number of benzene rings is 3. The van der Waals surface area contributed by atoms with Crippen LogP contribution in [0.3, 0.4) is 0 Å². The van der Waals surface area contributed by atoms with E-state index < -0.39 is 0 Å². The number of halogens is 1. The number of amides is 1. The molecule has 1 N–H and O–H groups in total. The summed E-state index contributed by atoms with van der Waals surface area (Å²) in [6, 6.07) is 21.3. The van der Waals surface area contributed by atoms with Crippen LogP contribution in [0, 0.1) is 11.3 Å². The third kappa shape index (κ3) is 4.34. The highest BCUT2D eigenvalue weighted by Crippen LogP contribution is 2.33. The molecule has 1 aliphatic rings. The monoisotopic (exact) mass is 463 g/mol. The number of fused-ring (bicyclic) bond motifs is 1. The van der Waals surface area contributed by atoms with Gasteiger partial charge in [-0.15, -0.1) is 0 Å². The smallest absolute Gasteiger partial charge is 0.264 e. The number of carbonyl (C=O) groups excluding carboxylic acids is 1. The first-order chi connectivity index (χ1) is 14.1. The van der Waals surface area contributed by atoms with Crippen molar-refractivity contribution in [2.24, 2.45) is 4.99 Å². The number of thioether (sulfide) groups is 1. The molecule has 4 rings (SSSR count). The van der Waals surface area contributed by atoms with Crippen molar-refractivity contribution in [3.8, 4) is 11.8 Å². The van der Waals surface area contributed by atoms with E-state index in [1.807, 2.05) is 60.7 Å². The molecular formula is C22H14BrN3O2S. The van der Waals surface area contributed by atoms with Crippen molar-refractivity contribution in [2.75, 3.05) is 6.61 Å². The predicted octanol–water partition coefficient (Wildman–Crippen LogP) is 5.40. The summed E-state index contributed by atoms with van der Waals surface area (Å²) in [5.74, 6) is 0.315. The highest BCUT2D eigenvalue weighted by molar-refractivity contribution is 9.10. The van der Waals surface area contributed by atoms with Gasteiger partial charge in [0.1, 0.15) is 11.8 Å². The fourth-order valence-electron chi connectivity index (χ4n) is 2.91. The molecule has 142 valence electrons. The summed E-state index contributed by atoms with van der Waals surface area (Å²) in [5.41, 5.74) is 1.51. The van der Waals surface area contributed by atoms with E-state index in [0.29, 0.717) is 21.4 Å². The minimum atomic E-state index is -0.222. The van der Waals surface area contributed by atoms with Crippen LogP contribution >= 0.6 is 27.7 Å². The Morgan fingerprint density at radius 3 is 2.86 bits per heavy atom. The number of aliphatic imine (C=N–C) groups is 1. The van der Waals surface area contributed by atoms with Crippen molar-refractivity contribution in [3.05, 3.63) is 75.6 Å². The molecule has 1 heterocycles. The van der Waals surface area contributed by atoms with Crippen LogP contribution in [0.4, 0.5) is 5.69 Å². The van der Waals surface area contributed by atoms with Crippen molar-refractivity contribution < 1.29 is 9.53 Å². The van der Waals surface area contributed by atoms with Gasteiger partial charge in [-0.1, -0.05) is 52.3 Å². The zero-order valence-electron chi connectivity index (χ0n) is 15.1. The molecule has 3 aromatic rings. The molecule has 1 fully saturated rings. The maximum Gasteiger partial charge on any atom is 0.264 e. The minimum Gasteiger partial charge on any atom is -0.478 e. The standard InChI is InChI=1S/C22H14BrN3O2S/c23-16-8-9-19(28-11-10-24)15(12-16)13-20-21(27)26-22(29-20)25-18-7-3-5-14-4-1-2-6-17(14)18/h1-9,12-13H,11H2,(H,25,26,27)/b20-13+. The zero-order valence-corrected chi connectivity index (χ0v) is 17.5. The molecule has 5 nitrogen and oxygen atoms in total. The van der Waals surface area contributed by atoms with Gasteiger partial charge in [0.15, 0.2) is 11.8 Å². The quantitative estimate of drug-likeness (QED) is 0.525. The highest BCUT2D eigenvalue weighted by atomic mass is 79.9. The van der Waals surface area contributed by atoms with E-state index in [-0.39, 0.29) is 12.5 Å². The van der Waals surface area contributed by atoms with Gasteiger partial charge in [-0.25, -0.2) is 4.99 Å². The first-order valence-electron chi connectivity index (χ1n) is 8.71. The first-order valence-corrected chi connectivity index (χ1v) is 10.3. The van der Waals surface area contributed by atoms with Crippen molar-refractivity contribution in [1.82, 2.24) is 5.32 Å². The van der Waals surface area contributed by atoms with Gasteiger partial charge < -0.3 is 10.1 Å². The normalized spacial score (nSPS) is 16.2. The number of nitriles is 1. The molecule has 0 saturated carbocycles. The Bertz CT molecular complexity index is 1210. The molecule has 7 heteroatoms. The Morgan fingerprint density at radius 2 is 2.00 bits per heavy atom. The van der Waals surface area contributed by atoms with Crippen molar-refractivity contribution in [3.63, 3.8) is 0 Å². The van der Waals surface area contributed by atoms with Crippen molar-refractivity contribution >= 4 is 61.3 Å². The average Bonchev–Trinajstić information content (AvgIpc) is 3.06. The number of ether oxygens (including phenoxy) is 1. The van der Waals surface area contributed by atoms with Crippen LogP contribution in [0.2, 0.25) is 0 Å². The number of rotatable bonds is 4. The number of carbonyl (C=O) groups is 1. The minimum absolute atomic E-state index is 0.0645. The molecular weight excluding hydrogens is 450 g/mol. The lowest BCUT2D eigenvalue weighted by molar-refractivity contribution is -0.115. The molecule has 0 bridgehead atoms. The summed E-state index contributed by atoms with van der Waals surface area (Å²) in [5, 5.41) is 14.2. The topological polar surface area (TPSA) is 74.5 Å². The van der Waals surface area contributed by atoms with Gasteiger partial charge in [-0.05, 0) is 47.5 Å². The molecule has 0 aromatic heterocycles. The molecule has 0 spiro atoms. The van der Waals surface area contributed by atoms with E-state index >= 15 is 0 Å². The van der Waals surface area contributed by atoms with Gasteiger partial charge in [-0.2, -0.15) is 5.26 Å². The molecule has 0 atom stereocenters. The molecule has 0 aliphatic carbocycles. The van der Waals surface area contributed by atoms with Crippen LogP contribution in [0.1, 0.15) is 5.56 Å². The van der Waals surface area contributed by atoms with Gasteiger partial charge >= 0.3 is 0 Å². The number of hydrogen-bond donors (Lipinski definition) is 1. The summed E-state index contributed by atoms with van der Waals surface area (Å²) >= 11 is 4.70. The number of amidine groups is 1. The second-order valence-corrected chi connectivity index (χ2v) is 8.06. The van der Waals surface area contributed by atoms with Gasteiger partial charge in [0.2, 0.25) is 0 Å². The van der Waals surface area contributed by atoms with Gasteiger partial charge in [-0.3, -0.25) is 4.79 Å². The lowest BCUT2D eigenvalue weighted by Crippen LogP contribution is -2.19. The van der Waals surface area contributed by atoms with Gasteiger partial charge in [0, 0.05) is 15.4 Å². The maximum atomic E-state index is 12.5. The van der Waals surface area contributed by atoms with Crippen molar-refractivity contribution in [2.45, 2.75) is 0 Å². The summed E-state index contributed by atoms with van der Waals surface area (Å²) in [7, 11) is 0. The molecule has 0 unspecified atom stereocenters. The lowest BCUT2D eigenvalue weighted by atomic mass is 10.1. The Labute approximate surface area is 180 Å². The van der Waals surface area contributed by atoms with E-state index in [1.165, 1.54) is 11.8 Å². The van der Waals surface area contributed by atoms with E-state index in [1.54, 1.807) is 12.1 Å². The first kappa shape index (κ1) is 19.2. The van der Waals surface area contributed by atoms with Gasteiger partial charge in [0.05, 0.1) is 10.6 Å². The largest absolute Gasteiger partial charge is 0.478 e. The summed E-state index contributed by atoms with van der Waals surface area (Å²) in [6.07, 6.45) is 1.74. The molecule has 3 aromatic carbocycles. The fourth-order valence-corrected chi connectivity index (χ4v) is 4.11. The molecule has 29 heavy (non-hydrogen) atoms. The molecule has 0 radical (unpaired) electrons. The predicted molar refractivity (Wildman–Crippen MR) is 120 cm³/mol. The molecule has 1 aliphatic heterocycles. The molecule has 1 amide bonds. The highest BCUT2D eigenvalue weighted by Gasteiger charge is 2.24. The lowest BCUT2D eigenvalue weighted by Gasteiger charge is -2.07. The van der Waals surface area contributed by atoms with E-state index in [9.17, 15) is 4.79 Å². The van der Waals surface area contributed by atoms with Crippen molar-refractivity contribution in [1.29, 1.82) is 5.26 Å². The Kier molecular flexibility index (Phi) is 5.65. The average molecular weight is 464 g/mol. The van der Waals surface area contributed by atoms with Crippen LogP contribution in [-0.4, -0.2) is 17.7 Å². The van der Waals surface area contributed by atoms with Gasteiger partial charge in [0.25, 0.3) is 5.91 Å². The summed E-state index contributed by atoms with van der Waals surface area (Å²) in [4.78, 5) is 17.6. The third-order valence-corrected chi connectivity index (χ3v) is 5.59. The van der Waals surface area contributed by atoms with E-state index in [0.717, 1.165) is 20.9 Å². The fraction of sp³-hybridized carbons (Fsp3) is 0.0455. The summed E-state index contributed by atoms with van der Waals surface area (Å²) in [6.45, 7) is -0.0645. The SMILES string of the molecule is N#CCOc1ccc(Br)cc1/C=C1/SC(=Nc2cccc3ccccc23)NC1=O. The zero-order chi connectivity index (χ0) is 20.2. The van der Waals surface area contributed by atoms with Crippen LogP contribution in [0.15, 0.2) is 75.0 Å². The van der Waals surface area contributed by atoms with E-state index in [2.05, 4.69) is 26.2 Å². The van der Waals surface area contributed by atoms with Crippen LogP contribution < -0.4 is 10.1 Å². The summed E-state index contributed by atoms with van der Waals surface area (Å²) < 4.78 is 6.31. The Balaban J connectivity index is 1.66.